The summed E-state index contributed by atoms with van der Waals surface area (Å²) in [6.07, 6.45) is 1.65. The zero-order valence-corrected chi connectivity index (χ0v) is 21.9. The first-order valence-electron chi connectivity index (χ1n) is 10.5. The molecule has 1 heterocycles. The fourth-order valence-corrected chi connectivity index (χ4v) is 4.44. The minimum Gasteiger partial charge on any atom is -0.462 e. The second-order valence-electron chi connectivity index (χ2n) is 9.54. The van der Waals surface area contributed by atoms with E-state index < -0.39 is 14.3 Å². The van der Waals surface area contributed by atoms with Crippen LogP contribution in [0.15, 0.2) is 33.7 Å². The molecule has 0 saturated carbocycles. The van der Waals surface area contributed by atoms with Crippen LogP contribution in [0.2, 0.25) is 18.1 Å². The predicted molar refractivity (Wildman–Crippen MR) is 129 cm³/mol. The molecule has 0 unspecified atom stereocenters. The SMILES string of the molecule is CCOC(=O)c1cn([C@H](CO[Si](C)(C)C(C)(C)C)C(C)C)c2ccc(Br)cc2c1=O. The highest BCUT2D eigenvalue weighted by Gasteiger charge is 2.38. The highest BCUT2D eigenvalue weighted by Crippen LogP contribution is 2.37. The Morgan fingerprint density at radius 1 is 1.23 bits per heavy atom. The maximum Gasteiger partial charge on any atom is 0.343 e. The summed E-state index contributed by atoms with van der Waals surface area (Å²) in [5.74, 6) is -0.356. The van der Waals surface area contributed by atoms with Gasteiger partial charge in [0.15, 0.2) is 8.32 Å². The van der Waals surface area contributed by atoms with Crippen molar-refractivity contribution in [2.45, 2.75) is 65.7 Å². The van der Waals surface area contributed by atoms with Crippen LogP contribution in [-0.4, -0.2) is 32.1 Å². The first kappa shape index (κ1) is 24.8. The van der Waals surface area contributed by atoms with Crippen molar-refractivity contribution in [3.05, 3.63) is 44.7 Å². The van der Waals surface area contributed by atoms with Crippen molar-refractivity contribution >= 4 is 41.1 Å². The summed E-state index contributed by atoms with van der Waals surface area (Å²) in [5, 5.41) is 0.592. The summed E-state index contributed by atoms with van der Waals surface area (Å²) in [5.41, 5.74) is 0.531. The standard InChI is InChI=1S/C23H34BrNO4Si/c1-9-28-22(27)18-13-25(19-11-10-16(24)12-17(19)21(18)26)20(15(2)3)14-29-30(7,8)23(4,5)6/h10-13,15,20H,9,14H2,1-8H3/t20-/m1/s1. The van der Waals surface area contributed by atoms with Crippen LogP contribution in [0.25, 0.3) is 10.9 Å². The van der Waals surface area contributed by atoms with E-state index in [1.54, 1.807) is 19.2 Å². The maximum atomic E-state index is 13.0. The zero-order valence-electron chi connectivity index (χ0n) is 19.3. The van der Waals surface area contributed by atoms with E-state index in [1.165, 1.54) is 0 Å². The lowest BCUT2D eigenvalue weighted by Crippen LogP contribution is -2.42. The number of fused-ring (bicyclic) bond motifs is 1. The van der Waals surface area contributed by atoms with Gasteiger partial charge in [0.05, 0.1) is 24.8 Å². The molecule has 0 amide bonds. The van der Waals surface area contributed by atoms with Gasteiger partial charge in [-0.25, -0.2) is 4.79 Å². The van der Waals surface area contributed by atoms with Gasteiger partial charge in [-0.2, -0.15) is 0 Å². The Bertz CT molecular complexity index is 976. The fraction of sp³-hybridized carbons (Fsp3) is 0.565. The number of halogens is 1. The third-order valence-electron chi connectivity index (χ3n) is 6.04. The molecule has 0 aliphatic carbocycles. The van der Waals surface area contributed by atoms with Crippen molar-refractivity contribution in [1.82, 2.24) is 4.57 Å². The van der Waals surface area contributed by atoms with Crippen LogP contribution in [0, 0.1) is 5.92 Å². The smallest absolute Gasteiger partial charge is 0.343 e. The monoisotopic (exact) mass is 495 g/mol. The summed E-state index contributed by atoms with van der Waals surface area (Å²) in [6.45, 7) is 17.8. The number of rotatable bonds is 7. The molecule has 1 atom stereocenters. The van der Waals surface area contributed by atoms with E-state index in [4.69, 9.17) is 9.16 Å². The van der Waals surface area contributed by atoms with Crippen molar-refractivity contribution in [3.8, 4) is 0 Å². The average molecular weight is 497 g/mol. The fourth-order valence-electron chi connectivity index (χ4n) is 3.06. The van der Waals surface area contributed by atoms with Gasteiger partial charge in [0.25, 0.3) is 0 Å². The summed E-state index contributed by atoms with van der Waals surface area (Å²) in [6, 6.07) is 5.56. The van der Waals surface area contributed by atoms with Crippen molar-refractivity contribution < 1.29 is 14.0 Å². The number of hydrogen-bond donors (Lipinski definition) is 0. The Hall–Kier alpha value is -1.44. The van der Waals surface area contributed by atoms with Crippen molar-refractivity contribution in [1.29, 1.82) is 0 Å². The molecule has 1 aromatic heterocycles. The highest BCUT2D eigenvalue weighted by atomic mass is 79.9. The van der Waals surface area contributed by atoms with Gasteiger partial charge >= 0.3 is 5.97 Å². The van der Waals surface area contributed by atoms with Gasteiger partial charge in [0.1, 0.15) is 5.56 Å². The Morgan fingerprint density at radius 2 is 1.87 bits per heavy atom. The van der Waals surface area contributed by atoms with E-state index in [9.17, 15) is 9.59 Å². The van der Waals surface area contributed by atoms with E-state index in [-0.39, 0.29) is 34.6 Å². The average Bonchev–Trinajstić information content (AvgIpc) is 2.62. The number of benzene rings is 1. The van der Waals surface area contributed by atoms with E-state index in [2.05, 4.69) is 63.6 Å². The molecule has 1 aromatic carbocycles. The molecule has 30 heavy (non-hydrogen) atoms. The zero-order chi connectivity index (χ0) is 22.9. The Kier molecular flexibility index (Phi) is 7.75. The molecule has 2 rings (SSSR count). The molecular weight excluding hydrogens is 462 g/mol. The van der Waals surface area contributed by atoms with Crippen LogP contribution < -0.4 is 5.43 Å². The summed E-state index contributed by atoms with van der Waals surface area (Å²) in [7, 11) is -1.96. The van der Waals surface area contributed by atoms with Gasteiger partial charge < -0.3 is 13.7 Å². The van der Waals surface area contributed by atoms with E-state index in [1.807, 2.05) is 16.7 Å². The van der Waals surface area contributed by atoms with Gasteiger partial charge in [-0.3, -0.25) is 4.79 Å². The lowest BCUT2D eigenvalue weighted by Gasteiger charge is -2.38. The number of nitrogens with zero attached hydrogens (tertiary/aromatic N) is 1. The van der Waals surface area contributed by atoms with E-state index >= 15 is 0 Å². The number of aromatic nitrogens is 1. The maximum absolute atomic E-state index is 13.0. The molecule has 0 bridgehead atoms. The number of carbonyl (C=O) groups excluding carboxylic acids is 1. The molecule has 0 aliphatic heterocycles. The van der Waals surface area contributed by atoms with Gasteiger partial charge in [-0.1, -0.05) is 50.5 Å². The first-order valence-corrected chi connectivity index (χ1v) is 14.2. The van der Waals surface area contributed by atoms with Gasteiger partial charge in [0.2, 0.25) is 5.43 Å². The van der Waals surface area contributed by atoms with Crippen LogP contribution in [-0.2, 0) is 9.16 Å². The number of hydrogen-bond acceptors (Lipinski definition) is 4. The third kappa shape index (κ3) is 5.24. The van der Waals surface area contributed by atoms with Crippen molar-refractivity contribution in [2.24, 2.45) is 5.92 Å². The third-order valence-corrected chi connectivity index (χ3v) is 11.0. The minimum atomic E-state index is -1.96. The summed E-state index contributed by atoms with van der Waals surface area (Å²) >= 11 is 3.44. The van der Waals surface area contributed by atoms with Gasteiger partial charge in [-0.05, 0) is 49.2 Å². The van der Waals surface area contributed by atoms with E-state index in [0.29, 0.717) is 12.0 Å². The minimum absolute atomic E-state index is 0.0309. The second kappa shape index (κ2) is 9.36. The predicted octanol–water partition coefficient (Wildman–Crippen LogP) is 6.16. The molecular formula is C23H34BrNO4Si. The van der Waals surface area contributed by atoms with E-state index in [0.717, 1.165) is 9.99 Å². The molecule has 2 aromatic rings. The largest absolute Gasteiger partial charge is 0.462 e. The molecule has 0 radical (unpaired) electrons. The summed E-state index contributed by atoms with van der Waals surface area (Å²) in [4.78, 5) is 25.5. The lowest BCUT2D eigenvalue weighted by molar-refractivity contribution is 0.0523. The molecule has 0 spiro atoms. The Morgan fingerprint density at radius 3 is 2.40 bits per heavy atom. The van der Waals surface area contributed by atoms with Crippen LogP contribution in [0.1, 0.15) is 57.9 Å². The normalized spacial score (nSPS) is 13.7. The van der Waals surface area contributed by atoms with Crippen LogP contribution in [0.3, 0.4) is 0 Å². The molecule has 5 nitrogen and oxygen atoms in total. The second-order valence-corrected chi connectivity index (χ2v) is 15.3. The quantitative estimate of drug-likeness (QED) is 0.340. The topological polar surface area (TPSA) is 57.5 Å². The van der Waals surface area contributed by atoms with Crippen LogP contribution >= 0.6 is 15.9 Å². The Balaban J connectivity index is 2.64. The van der Waals surface area contributed by atoms with Crippen molar-refractivity contribution in [2.75, 3.05) is 13.2 Å². The number of pyridine rings is 1. The van der Waals surface area contributed by atoms with Crippen molar-refractivity contribution in [3.63, 3.8) is 0 Å². The van der Waals surface area contributed by atoms with Gasteiger partial charge in [-0.15, -0.1) is 0 Å². The lowest BCUT2D eigenvalue weighted by atomic mass is 10.0. The highest BCUT2D eigenvalue weighted by molar-refractivity contribution is 9.10. The molecule has 166 valence electrons. The number of esters is 1. The van der Waals surface area contributed by atoms with Crippen LogP contribution in [0.5, 0.6) is 0 Å². The Labute approximate surface area is 189 Å². The molecule has 0 N–H and O–H groups in total. The van der Waals surface area contributed by atoms with Crippen LogP contribution in [0.4, 0.5) is 0 Å². The summed E-state index contributed by atoms with van der Waals surface area (Å²) < 4.78 is 14.5. The number of carbonyl (C=O) groups is 1. The molecule has 0 fully saturated rings. The molecule has 7 heteroatoms. The first-order chi connectivity index (χ1) is 13.8. The molecule has 0 saturated heterocycles. The van der Waals surface area contributed by atoms with Gasteiger partial charge in [0, 0.05) is 16.1 Å². The molecule has 0 aliphatic rings. The number of ether oxygens (including phenoxy) is 1.